The number of para-hydroxylation sites is 1. The lowest BCUT2D eigenvalue weighted by atomic mass is 10.1. The quantitative estimate of drug-likeness (QED) is 0.834. The number of piperazine rings is 1. The number of rotatable bonds is 3. The molecule has 2 aromatic rings. The van der Waals surface area contributed by atoms with Gasteiger partial charge in [-0.3, -0.25) is 4.90 Å². The highest BCUT2D eigenvalue weighted by atomic mass is 79.9. The van der Waals surface area contributed by atoms with Crippen LogP contribution in [0.15, 0.2) is 40.2 Å². The minimum atomic E-state index is 0.771. The first-order chi connectivity index (χ1) is 10.3. The van der Waals surface area contributed by atoms with Gasteiger partial charge in [-0.2, -0.15) is 5.26 Å². The Balaban J connectivity index is 1.61. The average molecular weight is 362 g/mol. The summed E-state index contributed by atoms with van der Waals surface area (Å²) in [5, 5.41) is 9.21. The number of hydrogen-bond donors (Lipinski definition) is 0. The molecule has 108 valence electrons. The van der Waals surface area contributed by atoms with Gasteiger partial charge in [-0.05, 0) is 40.2 Å². The number of benzene rings is 1. The predicted molar refractivity (Wildman–Crippen MR) is 90.7 cm³/mol. The van der Waals surface area contributed by atoms with Gasteiger partial charge in [-0.1, -0.05) is 12.1 Å². The smallest absolute Gasteiger partial charge is 0.101 e. The molecule has 0 unspecified atom stereocenters. The lowest BCUT2D eigenvalue weighted by Crippen LogP contribution is -2.46. The molecule has 1 aliphatic heterocycles. The SMILES string of the molecule is N#Cc1ccccc1N1CCN(Cc2ccc(Br)s2)CC1. The molecule has 2 heterocycles. The van der Waals surface area contributed by atoms with Crippen LogP contribution in [0, 0.1) is 11.3 Å². The number of hydrogen-bond acceptors (Lipinski definition) is 4. The normalized spacial score (nSPS) is 15.9. The molecule has 0 spiro atoms. The van der Waals surface area contributed by atoms with Gasteiger partial charge < -0.3 is 4.90 Å². The Morgan fingerprint density at radius 2 is 1.86 bits per heavy atom. The van der Waals surface area contributed by atoms with Crippen LogP contribution >= 0.6 is 27.3 Å². The molecular weight excluding hydrogens is 346 g/mol. The standard InChI is InChI=1S/C16H16BrN3S/c17-16-6-5-14(21-16)12-19-7-9-20(10-8-19)15-4-2-1-3-13(15)11-18/h1-6H,7-10,12H2. The second-order valence-corrected chi connectivity index (χ2v) is 7.65. The van der Waals surface area contributed by atoms with Crippen molar-refractivity contribution in [1.29, 1.82) is 5.26 Å². The first-order valence-electron chi connectivity index (χ1n) is 6.97. The van der Waals surface area contributed by atoms with Gasteiger partial charge >= 0.3 is 0 Å². The first-order valence-corrected chi connectivity index (χ1v) is 8.58. The summed E-state index contributed by atoms with van der Waals surface area (Å²) in [5.74, 6) is 0. The number of thiophene rings is 1. The molecule has 1 aromatic heterocycles. The van der Waals surface area contributed by atoms with E-state index in [0.717, 1.165) is 44.0 Å². The molecule has 0 bridgehead atoms. The van der Waals surface area contributed by atoms with Crippen molar-refractivity contribution in [3.63, 3.8) is 0 Å². The van der Waals surface area contributed by atoms with Crippen LogP contribution < -0.4 is 4.90 Å². The van der Waals surface area contributed by atoms with Crippen molar-refractivity contribution in [2.24, 2.45) is 0 Å². The lowest BCUT2D eigenvalue weighted by Gasteiger charge is -2.36. The van der Waals surface area contributed by atoms with E-state index in [0.29, 0.717) is 0 Å². The highest BCUT2D eigenvalue weighted by Crippen LogP contribution is 2.25. The minimum absolute atomic E-state index is 0.771. The summed E-state index contributed by atoms with van der Waals surface area (Å²) in [6.45, 7) is 5.05. The molecule has 0 atom stereocenters. The van der Waals surface area contributed by atoms with Gasteiger partial charge in [0.2, 0.25) is 0 Å². The predicted octanol–water partition coefficient (Wildman–Crippen LogP) is 3.70. The Kier molecular flexibility index (Phi) is 4.59. The summed E-state index contributed by atoms with van der Waals surface area (Å²) in [6, 6.07) is 14.5. The van der Waals surface area contributed by atoms with E-state index >= 15 is 0 Å². The topological polar surface area (TPSA) is 30.3 Å². The van der Waals surface area contributed by atoms with E-state index < -0.39 is 0 Å². The maximum Gasteiger partial charge on any atom is 0.101 e. The fraction of sp³-hybridized carbons (Fsp3) is 0.312. The zero-order valence-corrected chi connectivity index (χ0v) is 14.0. The summed E-state index contributed by atoms with van der Waals surface area (Å²) in [6.07, 6.45) is 0. The number of halogens is 1. The van der Waals surface area contributed by atoms with Gasteiger partial charge in [0, 0.05) is 37.6 Å². The number of nitriles is 1. The fourth-order valence-electron chi connectivity index (χ4n) is 2.65. The third-order valence-electron chi connectivity index (χ3n) is 3.75. The molecule has 1 aliphatic rings. The van der Waals surface area contributed by atoms with Crippen molar-refractivity contribution in [2.45, 2.75) is 6.54 Å². The van der Waals surface area contributed by atoms with Gasteiger partial charge in [0.15, 0.2) is 0 Å². The monoisotopic (exact) mass is 361 g/mol. The summed E-state index contributed by atoms with van der Waals surface area (Å²) in [4.78, 5) is 6.19. The third kappa shape index (κ3) is 3.46. The van der Waals surface area contributed by atoms with Crippen molar-refractivity contribution in [1.82, 2.24) is 4.90 Å². The van der Waals surface area contributed by atoms with E-state index in [2.05, 4.69) is 43.9 Å². The fourth-order valence-corrected chi connectivity index (χ4v) is 4.17. The highest BCUT2D eigenvalue weighted by Gasteiger charge is 2.19. The summed E-state index contributed by atoms with van der Waals surface area (Å²) >= 11 is 5.32. The molecule has 0 radical (unpaired) electrons. The Labute approximate surface area is 137 Å². The molecule has 0 saturated carbocycles. The summed E-state index contributed by atoms with van der Waals surface area (Å²) in [7, 11) is 0. The van der Waals surface area contributed by atoms with Gasteiger partial charge in [-0.15, -0.1) is 11.3 Å². The van der Waals surface area contributed by atoms with Crippen LogP contribution in [0.2, 0.25) is 0 Å². The van der Waals surface area contributed by atoms with Crippen LogP contribution in [0.1, 0.15) is 10.4 Å². The Morgan fingerprint density at radius 3 is 2.52 bits per heavy atom. The minimum Gasteiger partial charge on any atom is -0.368 e. The maximum atomic E-state index is 9.21. The third-order valence-corrected chi connectivity index (χ3v) is 5.35. The largest absolute Gasteiger partial charge is 0.368 e. The van der Waals surface area contributed by atoms with E-state index in [1.807, 2.05) is 24.3 Å². The van der Waals surface area contributed by atoms with E-state index in [1.165, 1.54) is 8.66 Å². The van der Waals surface area contributed by atoms with Crippen LogP contribution in [0.4, 0.5) is 5.69 Å². The van der Waals surface area contributed by atoms with Gasteiger partial charge in [-0.25, -0.2) is 0 Å². The summed E-state index contributed by atoms with van der Waals surface area (Å²) in [5.41, 5.74) is 1.84. The average Bonchev–Trinajstić information content (AvgIpc) is 2.93. The van der Waals surface area contributed by atoms with Crippen molar-refractivity contribution in [2.75, 3.05) is 31.1 Å². The van der Waals surface area contributed by atoms with E-state index in [1.54, 1.807) is 11.3 Å². The van der Waals surface area contributed by atoms with Crippen molar-refractivity contribution in [3.05, 3.63) is 50.6 Å². The first kappa shape index (κ1) is 14.6. The van der Waals surface area contributed by atoms with E-state index in [4.69, 9.17) is 0 Å². The lowest BCUT2D eigenvalue weighted by molar-refractivity contribution is 0.252. The molecule has 0 amide bonds. The Hall–Kier alpha value is -1.35. The van der Waals surface area contributed by atoms with Crippen LogP contribution in [0.25, 0.3) is 0 Å². The molecule has 0 aliphatic carbocycles. The van der Waals surface area contributed by atoms with Crippen molar-refractivity contribution < 1.29 is 0 Å². The second-order valence-electron chi connectivity index (χ2n) is 5.10. The van der Waals surface area contributed by atoms with Gasteiger partial charge in [0.25, 0.3) is 0 Å². The van der Waals surface area contributed by atoms with Crippen molar-refractivity contribution in [3.8, 4) is 6.07 Å². The van der Waals surface area contributed by atoms with Crippen LogP contribution in [0.5, 0.6) is 0 Å². The Bertz CT molecular complexity index is 654. The summed E-state index contributed by atoms with van der Waals surface area (Å²) < 4.78 is 1.19. The van der Waals surface area contributed by atoms with Crippen LogP contribution in [-0.2, 0) is 6.54 Å². The molecule has 1 saturated heterocycles. The van der Waals surface area contributed by atoms with E-state index in [-0.39, 0.29) is 0 Å². The molecule has 5 heteroatoms. The maximum absolute atomic E-state index is 9.21. The van der Waals surface area contributed by atoms with Gasteiger partial charge in [0.1, 0.15) is 6.07 Å². The second kappa shape index (κ2) is 6.61. The highest BCUT2D eigenvalue weighted by molar-refractivity contribution is 9.11. The number of nitrogens with zero attached hydrogens (tertiary/aromatic N) is 3. The molecule has 3 nitrogen and oxygen atoms in total. The molecule has 1 fully saturated rings. The molecular formula is C16H16BrN3S. The van der Waals surface area contributed by atoms with Crippen LogP contribution in [0.3, 0.4) is 0 Å². The van der Waals surface area contributed by atoms with E-state index in [9.17, 15) is 5.26 Å². The van der Waals surface area contributed by atoms with Crippen molar-refractivity contribution >= 4 is 33.0 Å². The molecule has 0 N–H and O–H groups in total. The van der Waals surface area contributed by atoms with Gasteiger partial charge in [0.05, 0.1) is 15.0 Å². The molecule has 21 heavy (non-hydrogen) atoms. The zero-order chi connectivity index (χ0) is 14.7. The Morgan fingerprint density at radius 1 is 1.10 bits per heavy atom. The number of anilines is 1. The van der Waals surface area contributed by atoms with Crippen LogP contribution in [-0.4, -0.2) is 31.1 Å². The zero-order valence-electron chi connectivity index (χ0n) is 11.6. The molecule has 3 rings (SSSR count). The molecule has 1 aromatic carbocycles.